The number of aryl methyl sites for hydroxylation is 4. The van der Waals surface area contributed by atoms with Gasteiger partial charge in [-0.3, -0.25) is 4.98 Å². The van der Waals surface area contributed by atoms with Crippen LogP contribution in [0.2, 0.25) is 0 Å². The van der Waals surface area contributed by atoms with Gasteiger partial charge in [0.15, 0.2) is 11.6 Å². The number of rotatable bonds is 8. The molecule has 0 bridgehead atoms. The first-order valence-corrected chi connectivity index (χ1v) is 10.6. The standard InChI is InChI=1S/C27H24F3NO/c1-32-17-20-4-11-23(31-16-20)10-3-18-5-12-24-22(14-18)9-8-21(27(24)30)7-2-19-6-13-25(28)26(29)15-19/h4-6,8-9,11-16H,2-3,7,10,17H2,1H3. The summed E-state index contributed by atoms with van der Waals surface area (Å²) >= 11 is 0. The predicted octanol–water partition coefficient (Wildman–Crippen LogP) is 6.37. The van der Waals surface area contributed by atoms with E-state index in [0.717, 1.165) is 41.1 Å². The third-order valence-corrected chi connectivity index (χ3v) is 5.63. The molecule has 0 N–H and O–H groups in total. The molecule has 1 aromatic heterocycles. The summed E-state index contributed by atoms with van der Waals surface area (Å²) < 4.78 is 46.6. The lowest BCUT2D eigenvalue weighted by Gasteiger charge is -2.09. The first-order valence-electron chi connectivity index (χ1n) is 10.6. The topological polar surface area (TPSA) is 22.1 Å². The van der Waals surface area contributed by atoms with Crippen molar-refractivity contribution in [3.05, 3.63) is 112 Å². The lowest BCUT2D eigenvalue weighted by molar-refractivity contribution is 0.184. The molecule has 0 saturated carbocycles. The highest BCUT2D eigenvalue weighted by molar-refractivity contribution is 5.84. The van der Waals surface area contributed by atoms with Crippen molar-refractivity contribution in [2.75, 3.05) is 7.11 Å². The molecule has 0 atom stereocenters. The Morgan fingerprint density at radius 2 is 1.47 bits per heavy atom. The Balaban J connectivity index is 1.43. The summed E-state index contributed by atoms with van der Waals surface area (Å²) in [4.78, 5) is 4.47. The summed E-state index contributed by atoms with van der Waals surface area (Å²) in [6.45, 7) is 0.548. The van der Waals surface area contributed by atoms with Crippen molar-refractivity contribution in [2.45, 2.75) is 32.3 Å². The summed E-state index contributed by atoms with van der Waals surface area (Å²) in [6, 6.07) is 17.3. The smallest absolute Gasteiger partial charge is 0.159 e. The molecule has 164 valence electrons. The summed E-state index contributed by atoms with van der Waals surface area (Å²) in [5.41, 5.74) is 4.37. The first-order chi connectivity index (χ1) is 15.5. The Morgan fingerprint density at radius 3 is 2.22 bits per heavy atom. The summed E-state index contributed by atoms with van der Waals surface area (Å²) in [5.74, 6) is -2.01. The Bertz CT molecular complexity index is 1220. The lowest BCUT2D eigenvalue weighted by Crippen LogP contribution is -1.98. The quantitative estimate of drug-likeness (QED) is 0.321. The molecule has 1 heterocycles. The molecule has 32 heavy (non-hydrogen) atoms. The molecule has 2 nitrogen and oxygen atoms in total. The number of halogens is 3. The second kappa shape index (κ2) is 9.96. The molecule has 0 fully saturated rings. The van der Waals surface area contributed by atoms with Crippen molar-refractivity contribution < 1.29 is 17.9 Å². The van der Waals surface area contributed by atoms with Gasteiger partial charge in [-0.1, -0.05) is 42.5 Å². The highest BCUT2D eigenvalue weighted by Crippen LogP contribution is 2.24. The molecule has 0 aliphatic rings. The van der Waals surface area contributed by atoms with Gasteiger partial charge in [-0.15, -0.1) is 0 Å². The molecular formula is C27H24F3NO. The minimum Gasteiger partial charge on any atom is -0.380 e. The zero-order valence-electron chi connectivity index (χ0n) is 17.9. The highest BCUT2D eigenvalue weighted by Gasteiger charge is 2.10. The van der Waals surface area contributed by atoms with Gasteiger partial charge in [-0.2, -0.15) is 0 Å². The van der Waals surface area contributed by atoms with Crippen LogP contribution in [0.3, 0.4) is 0 Å². The first kappa shape index (κ1) is 22.0. The number of fused-ring (bicyclic) bond motifs is 1. The van der Waals surface area contributed by atoms with Gasteiger partial charge in [0.05, 0.1) is 6.61 Å². The molecular weight excluding hydrogens is 411 g/mol. The largest absolute Gasteiger partial charge is 0.380 e. The van der Waals surface area contributed by atoms with E-state index < -0.39 is 11.6 Å². The Labute approximate surface area is 185 Å². The summed E-state index contributed by atoms with van der Waals surface area (Å²) in [5, 5.41) is 1.42. The van der Waals surface area contributed by atoms with Crippen molar-refractivity contribution in [1.29, 1.82) is 0 Å². The van der Waals surface area contributed by atoms with E-state index in [1.165, 1.54) is 12.1 Å². The number of ether oxygens (including phenoxy) is 1. The maximum Gasteiger partial charge on any atom is 0.159 e. The second-order valence-corrected chi connectivity index (χ2v) is 7.93. The Kier molecular flexibility index (Phi) is 6.86. The average molecular weight is 435 g/mol. The van der Waals surface area contributed by atoms with Crippen LogP contribution in [0.15, 0.2) is 66.9 Å². The number of aromatic nitrogens is 1. The number of hydrogen-bond acceptors (Lipinski definition) is 2. The fourth-order valence-corrected chi connectivity index (χ4v) is 3.84. The SMILES string of the molecule is COCc1ccc(CCc2ccc3c(F)c(CCc4ccc(F)c(F)c4)ccc3c2)nc1. The minimum atomic E-state index is -0.880. The number of hydrogen-bond donors (Lipinski definition) is 0. The van der Waals surface area contributed by atoms with Gasteiger partial charge in [-0.25, -0.2) is 13.2 Å². The normalized spacial score (nSPS) is 11.2. The van der Waals surface area contributed by atoms with E-state index in [2.05, 4.69) is 4.98 Å². The molecule has 0 aliphatic carbocycles. The van der Waals surface area contributed by atoms with E-state index >= 15 is 4.39 Å². The van der Waals surface area contributed by atoms with Crippen LogP contribution in [0.5, 0.6) is 0 Å². The van der Waals surface area contributed by atoms with Crippen LogP contribution < -0.4 is 0 Å². The van der Waals surface area contributed by atoms with E-state index in [1.54, 1.807) is 13.2 Å². The van der Waals surface area contributed by atoms with Crippen molar-refractivity contribution in [1.82, 2.24) is 4.98 Å². The molecule has 0 saturated heterocycles. The maximum atomic E-state index is 15.0. The lowest BCUT2D eigenvalue weighted by atomic mass is 9.98. The molecule has 0 aliphatic heterocycles. The zero-order valence-corrected chi connectivity index (χ0v) is 17.9. The maximum absolute atomic E-state index is 15.0. The molecule has 4 rings (SSSR count). The van der Waals surface area contributed by atoms with E-state index in [-0.39, 0.29) is 5.82 Å². The van der Waals surface area contributed by atoms with E-state index in [0.29, 0.717) is 36.0 Å². The molecule has 3 aromatic carbocycles. The zero-order chi connectivity index (χ0) is 22.5. The Morgan fingerprint density at radius 1 is 0.719 bits per heavy atom. The van der Waals surface area contributed by atoms with Gasteiger partial charge in [0.2, 0.25) is 0 Å². The molecule has 4 aromatic rings. The van der Waals surface area contributed by atoms with Crippen molar-refractivity contribution in [3.8, 4) is 0 Å². The number of methoxy groups -OCH3 is 1. The Hall–Kier alpha value is -3.18. The van der Waals surface area contributed by atoms with Gasteiger partial charge >= 0.3 is 0 Å². The second-order valence-electron chi connectivity index (χ2n) is 7.93. The molecule has 0 radical (unpaired) electrons. The number of pyridine rings is 1. The minimum absolute atomic E-state index is 0.257. The van der Waals surface area contributed by atoms with Crippen LogP contribution in [-0.4, -0.2) is 12.1 Å². The van der Waals surface area contributed by atoms with Gasteiger partial charge in [-0.05, 0) is 71.5 Å². The van der Waals surface area contributed by atoms with E-state index in [4.69, 9.17) is 4.74 Å². The summed E-state index contributed by atoms with van der Waals surface area (Å²) in [7, 11) is 1.66. The highest BCUT2D eigenvalue weighted by atomic mass is 19.2. The van der Waals surface area contributed by atoms with Crippen LogP contribution in [0.1, 0.15) is 27.9 Å². The van der Waals surface area contributed by atoms with Crippen molar-refractivity contribution in [3.63, 3.8) is 0 Å². The van der Waals surface area contributed by atoms with Crippen LogP contribution in [0.25, 0.3) is 10.8 Å². The number of benzene rings is 3. The van der Waals surface area contributed by atoms with Gasteiger partial charge in [0.25, 0.3) is 0 Å². The third-order valence-electron chi connectivity index (χ3n) is 5.63. The molecule has 5 heteroatoms. The number of nitrogens with zero attached hydrogens (tertiary/aromatic N) is 1. The van der Waals surface area contributed by atoms with Gasteiger partial charge < -0.3 is 4.74 Å². The molecule has 0 spiro atoms. The van der Waals surface area contributed by atoms with Gasteiger partial charge in [0.1, 0.15) is 5.82 Å². The predicted molar refractivity (Wildman–Crippen MR) is 120 cm³/mol. The van der Waals surface area contributed by atoms with E-state index in [1.807, 2.05) is 42.6 Å². The van der Waals surface area contributed by atoms with Crippen LogP contribution in [-0.2, 0) is 37.0 Å². The van der Waals surface area contributed by atoms with Crippen LogP contribution in [0, 0.1) is 17.5 Å². The molecule has 0 amide bonds. The molecule has 0 unspecified atom stereocenters. The van der Waals surface area contributed by atoms with Gasteiger partial charge in [0, 0.05) is 24.4 Å². The van der Waals surface area contributed by atoms with Crippen LogP contribution >= 0.6 is 0 Å². The van der Waals surface area contributed by atoms with Crippen molar-refractivity contribution in [2.24, 2.45) is 0 Å². The van der Waals surface area contributed by atoms with E-state index in [9.17, 15) is 8.78 Å². The fraction of sp³-hybridized carbons (Fsp3) is 0.222. The fourth-order valence-electron chi connectivity index (χ4n) is 3.84. The monoisotopic (exact) mass is 435 g/mol. The van der Waals surface area contributed by atoms with Crippen LogP contribution in [0.4, 0.5) is 13.2 Å². The van der Waals surface area contributed by atoms with Crippen molar-refractivity contribution >= 4 is 10.8 Å². The average Bonchev–Trinajstić information content (AvgIpc) is 2.80. The third kappa shape index (κ3) is 5.17. The summed E-state index contributed by atoms with van der Waals surface area (Å²) in [6.07, 6.45) is 4.29.